The van der Waals surface area contributed by atoms with E-state index in [0.29, 0.717) is 24.0 Å². The van der Waals surface area contributed by atoms with Crippen LogP contribution in [0.3, 0.4) is 0 Å². The summed E-state index contributed by atoms with van der Waals surface area (Å²) in [6.45, 7) is 0.902. The minimum Gasteiger partial charge on any atom is -0.493 e. The molecule has 0 spiro atoms. The molecule has 2 atom stereocenters. The normalized spacial score (nSPS) is 19.5. The highest BCUT2D eigenvalue weighted by Gasteiger charge is 2.16. The lowest BCUT2D eigenvalue weighted by Crippen LogP contribution is -2.12. The summed E-state index contributed by atoms with van der Waals surface area (Å²) >= 11 is 0. The van der Waals surface area contributed by atoms with Gasteiger partial charge in [0.1, 0.15) is 0 Å². The Morgan fingerprint density at radius 3 is 2.76 bits per heavy atom. The lowest BCUT2D eigenvalue weighted by atomic mass is 10.0. The van der Waals surface area contributed by atoms with Gasteiger partial charge in [-0.2, -0.15) is 0 Å². The fourth-order valence-corrected chi connectivity index (χ4v) is 2.83. The Morgan fingerprint density at radius 2 is 2.10 bits per heavy atom. The van der Waals surface area contributed by atoms with Crippen molar-refractivity contribution in [1.29, 1.82) is 0 Å². The molecule has 0 aliphatic carbocycles. The summed E-state index contributed by atoms with van der Waals surface area (Å²) in [5.41, 5.74) is 1.07. The van der Waals surface area contributed by atoms with Crippen LogP contribution in [0.2, 0.25) is 0 Å². The maximum absolute atomic E-state index is 10.2. The first-order chi connectivity index (χ1) is 10.2. The van der Waals surface area contributed by atoms with E-state index < -0.39 is 0 Å². The Hall–Kier alpha value is -1.26. The molecule has 118 valence electrons. The molecule has 1 saturated heterocycles. The van der Waals surface area contributed by atoms with Gasteiger partial charge in [-0.1, -0.05) is 6.07 Å². The fraction of sp³-hybridized carbons (Fsp3) is 0.647. The van der Waals surface area contributed by atoms with Gasteiger partial charge in [-0.05, 0) is 56.2 Å². The van der Waals surface area contributed by atoms with E-state index in [2.05, 4.69) is 0 Å². The molecule has 0 radical (unpaired) electrons. The smallest absolute Gasteiger partial charge is 0.160 e. The minimum atomic E-state index is -0.315. The maximum Gasteiger partial charge on any atom is 0.160 e. The molecule has 1 aromatic carbocycles. The third kappa shape index (κ3) is 4.90. The maximum atomic E-state index is 10.2. The molecule has 1 aliphatic rings. The minimum absolute atomic E-state index is 0.315. The van der Waals surface area contributed by atoms with Crippen LogP contribution in [0.4, 0.5) is 0 Å². The molecule has 4 heteroatoms. The fourth-order valence-electron chi connectivity index (χ4n) is 2.83. The van der Waals surface area contributed by atoms with E-state index in [1.165, 1.54) is 12.8 Å². The molecule has 1 fully saturated rings. The molecule has 1 N–H and O–H groups in total. The van der Waals surface area contributed by atoms with Crippen LogP contribution in [0.25, 0.3) is 0 Å². The Bertz CT molecular complexity index is 427. The third-order valence-corrected chi connectivity index (χ3v) is 4.01. The molecular formula is C17H26O4. The van der Waals surface area contributed by atoms with Gasteiger partial charge in [0, 0.05) is 6.61 Å². The van der Waals surface area contributed by atoms with Crippen LogP contribution < -0.4 is 9.47 Å². The number of hydrogen-bond donors (Lipinski definition) is 1. The molecule has 21 heavy (non-hydrogen) atoms. The second-order valence-corrected chi connectivity index (χ2v) is 5.61. The molecule has 1 aliphatic heterocycles. The van der Waals surface area contributed by atoms with E-state index in [0.717, 1.165) is 31.4 Å². The number of hydrogen-bond acceptors (Lipinski definition) is 4. The van der Waals surface area contributed by atoms with E-state index in [1.807, 2.05) is 18.2 Å². The molecule has 2 rings (SSSR count). The van der Waals surface area contributed by atoms with Crippen molar-refractivity contribution >= 4 is 0 Å². The van der Waals surface area contributed by atoms with Crippen LogP contribution in [-0.2, 0) is 11.2 Å². The van der Waals surface area contributed by atoms with Crippen molar-refractivity contribution in [3.63, 3.8) is 0 Å². The van der Waals surface area contributed by atoms with Gasteiger partial charge in [-0.25, -0.2) is 0 Å². The summed E-state index contributed by atoms with van der Waals surface area (Å²) in [7, 11) is 3.25. The quantitative estimate of drug-likeness (QED) is 0.801. The number of aliphatic hydroxyl groups is 1. The summed E-state index contributed by atoms with van der Waals surface area (Å²) in [6.07, 6.45) is 5.98. The SMILES string of the molecule is COc1ccc(CC(O)CCCC2CCCO2)cc1OC. The van der Waals surface area contributed by atoms with E-state index >= 15 is 0 Å². The van der Waals surface area contributed by atoms with Crippen molar-refractivity contribution in [2.75, 3.05) is 20.8 Å². The van der Waals surface area contributed by atoms with Gasteiger partial charge in [-0.3, -0.25) is 0 Å². The van der Waals surface area contributed by atoms with E-state index in [-0.39, 0.29) is 6.10 Å². The van der Waals surface area contributed by atoms with Crippen LogP contribution in [0.15, 0.2) is 18.2 Å². The number of rotatable bonds is 8. The highest BCUT2D eigenvalue weighted by molar-refractivity contribution is 5.43. The van der Waals surface area contributed by atoms with Gasteiger partial charge in [0.2, 0.25) is 0 Å². The number of benzene rings is 1. The molecule has 2 unspecified atom stereocenters. The zero-order chi connectivity index (χ0) is 15.1. The topological polar surface area (TPSA) is 47.9 Å². The van der Waals surface area contributed by atoms with Crippen LogP contribution >= 0.6 is 0 Å². The van der Waals surface area contributed by atoms with Crippen LogP contribution in [0, 0.1) is 0 Å². The molecule has 1 heterocycles. The lowest BCUT2D eigenvalue weighted by Gasteiger charge is -2.14. The van der Waals surface area contributed by atoms with Crippen molar-refractivity contribution < 1.29 is 19.3 Å². The number of aliphatic hydroxyl groups excluding tert-OH is 1. The highest BCUT2D eigenvalue weighted by Crippen LogP contribution is 2.28. The molecule has 4 nitrogen and oxygen atoms in total. The Kier molecular flexibility index (Phi) is 6.33. The second-order valence-electron chi connectivity index (χ2n) is 5.61. The van der Waals surface area contributed by atoms with Gasteiger partial charge >= 0.3 is 0 Å². The zero-order valence-corrected chi connectivity index (χ0v) is 13.0. The predicted octanol–water partition coefficient (Wildman–Crippen LogP) is 2.96. The number of methoxy groups -OCH3 is 2. The van der Waals surface area contributed by atoms with Gasteiger partial charge in [0.25, 0.3) is 0 Å². The summed E-state index contributed by atoms with van der Waals surface area (Å²) < 4.78 is 16.1. The Morgan fingerprint density at radius 1 is 1.29 bits per heavy atom. The lowest BCUT2D eigenvalue weighted by molar-refractivity contribution is 0.0945. The van der Waals surface area contributed by atoms with Crippen LogP contribution in [0.5, 0.6) is 11.5 Å². The first-order valence-corrected chi connectivity index (χ1v) is 7.73. The molecule has 1 aromatic rings. The zero-order valence-electron chi connectivity index (χ0n) is 13.0. The van der Waals surface area contributed by atoms with E-state index in [9.17, 15) is 5.11 Å². The first-order valence-electron chi connectivity index (χ1n) is 7.73. The van der Waals surface area contributed by atoms with Gasteiger partial charge in [-0.15, -0.1) is 0 Å². The predicted molar refractivity (Wildman–Crippen MR) is 82.1 cm³/mol. The Balaban J connectivity index is 1.77. The highest BCUT2D eigenvalue weighted by atomic mass is 16.5. The summed E-state index contributed by atoms with van der Waals surface area (Å²) in [5, 5.41) is 10.2. The molecular weight excluding hydrogens is 268 g/mol. The number of ether oxygens (including phenoxy) is 3. The Labute approximate surface area is 127 Å². The van der Waals surface area contributed by atoms with E-state index in [4.69, 9.17) is 14.2 Å². The van der Waals surface area contributed by atoms with Crippen molar-refractivity contribution in [1.82, 2.24) is 0 Å². The second kappa shape index (κ2) is 8.25. The van der Waals surface area contributed by atoms with Crippen molar-refractivity contribution in [2.24, 2.45) is 0 Å². The van der Waals surface area contributed by atoms with Crippen molar-refractivity contribution in [3.8, 4) is 11.5 Å². The van der Waals surface area contributed by atoms with Gasteiger partial charge in [0.05, 0.1) is 26.4 Å². The largest absolute Gasteiger partial charge is 0.493 e. The summed E-state index contributed by atoms with van der Waals surface area (Å²) in [6, 6.07) is 5.79. The van der Waals surface area contributed by atoms with Crippen LogP contribution in [-0.4, -0.2) is 38.1 Å². The van der Waals surface area contributed by atoms with Crippen LogP contribution in [0.1, 0.15) is 37.7 Å². The molecule has 0 bridgehead atoms. The first kappa shape index (κ1) is 16.1. The molecule has 0 aromatic heterocycles. The third-order valence-electron chi connectivity index (χ3n) is 4.01. The van der Waals surface area contributed by atoms with Gasteiger partial charge < -0.3 is 19.3 Å². The summed E-state index contributed by atoms with van der Waals surface area (Å²) in [4.78, 5) is 0. The van der Waals surface area contributed by atoms with E-state index in [1.54, 1.807) is 14.2 Å². The average molecular weight is 294 g/mol. The standard InChI is InChI=1S/C17H26O4/c1-19-16-9-8-13(12-17(16)20-2)11-14(18)5-3-6-15-7-4-10-21-15/h8-9,12,14-15,18H,3-7,10-11H2,1-2H3. The monoisotopic (exact) mass is 294 g/mol. The average Bonchev–Trinajstić information content (AvgIpc) is 3.00. The van der Waals surface area contributed by atoms with Gasteiger partial charge in [0.15, 0.2) is 11.5 Å². The molecule has 0 saturated carbocycles. The summed E-state index contributed by atoms with van der Waals surface area (Å²) in [5.74, 6) is 1.43. The molecule has 0 amide bonds. The van der Waals surface area contributed by atoms with Crippen molar-refractivity contribution in [3.05, 3.63) is 23.8 Å². The van der Waals surface area contributed by atoms with Crippen molar-refractivity contribution in [2.45, 2.75) is 50.7 Å².